The molecule has 0 aliphatic heterocycles. The minimum absolute atomic E-state index is 0.731. The fraction of sp³-hybridized carbons (Fsp3) is 0.241. The van der Waals surface area contributed by atoms with Gasteiger partial charge in [-0.05, 0) is 30.7 Å². The molecular formula is C29H31N3O. The van der Waals surface area contributed by atoms with E-state index < -0.39 is 0 Å². The first kappa shape index (κ1) is 22.5. The van der Waals surface area contributed by atoms with Crippen molar-refractivity contribution >= 4 is 12.0 Å². The molecular weight excluding hydrogens is 406 g/mol. The molecule has 0 atom stereocenters. The molecule has 0 amide bonds. The van der Waals surface area contributed by atoms with Crippen molar-refractivity contribution in [1.29, 1.82) is 0 Å². The van der Waals surface area contributed by atoms with E-state index >= 15 is 0 Å². The summed E-state index contributed by atoms with van der Waals surface area (Å²) in [6, 6.07) is 30.4. The van der Waals surface area contributed by atoms with Crippen molar-refractivity contribution in [3.8, 4) is 22.7 Å². The second-order valence-corrected chi connectivity index (χ2v) is 8.06. The standard InChI is InChI=1S/C29H31N3O/c1-2-3-4-5-14-21-33-28-20-13-12-17-25(28)23-30-29-22-27(24-15-8-6-9-16-24)31-32(29)26-18-10-7-11-19-26/h6-13,15-20,22-23H,2-5,14,21H2,1H3/b30-23+. The molecule has 0 N–H and O–H groups in total. The molecule has 3 aromatic carbocycles. The third kappa shape index (κ3) is 6.19. The third-order valence-corrected chi connectivity index (χ3v) is 5.52. The number of hydrogen-bond donors (Lipinski definition) is 0. The van der Waals surface area contributed by atoms with Crippen LogP contribution in [0.25, 0.3) is 16.9 Å². The molecule has 1 aromatic heterocycles. The van der Waals surface area contributed by atoms with Gasteiger partial charge in [-0.25, -0.2) is 9.67 Å². The summed E-state index contributed by atoms with van der Waals surface area (Å²) in [5, 5.41) is 4.84. The van der Waals surface area contributed by atoms with Crippen molar-refractivity contribution in [3.05, 3.63) is 96.6 Å². The lowest BCUT2D eigenvalue weighted by molar-refractivity contribution is 0.304. The van der Waals surface area contributed by atoms with Crippen molar-refractivity contribution in [1.82, 2.24) is 9.78 Å². The van der Waals surface area contributed by atoms with E-state index in [-0.39, 0.29) is 0 Å². The summed E-state index contributed by atoms with van der Waals surface area (Å²) >= 11 is 0. The molecule has 0 aliphatic carbocycles. The number of aromatic nitrogens is 2. The van der Waals surface area contributed by atoms with Gasteiger partial charge >= 0.3 is 0 Å². The van der Waals surface area contributed by atoms with Crippen LogP contribution in [0, 0.1) is 0 Å². The Morgan fingerprint density at radius 1 is 0.818 bits per heavy atom. The number of para-hydroxylation sites is 2. The Bertz CT molecular complexity index is 1150. The van der Waals surface area contributed by atoms with Gasteiger partial charge in [0, 0.05) is 23.4 Å². The fourth-order valence-electron chi connectivity index (χ4n) is 3.71. The summed E-state index contributed by atoms with van der Waals surface area (Å²) in [6.07, 6.45) is 7.98. The quantitative estimate of drug-likeness (QED) is 0.179. The lowest BCUT2D eigenvalue weighted by Crippen LogP contribution is -2.00. The van der Waals surface area contributed by atoms with Crippen LogP contribution < -0.4 is 4.74 Å². The van der Waals surface area contributed by atoms with Gasteiger partial charge in [-0.15, -0.1) is 0 Å². The van der Waals surface area contributed by atoms with Crippen molar-refractivity contribution in [3.63, 3.8) is 0 Å². The Labute approximate surface area is 196 Å². The molecule has 33 heavy (non-hydrogen) atoms. The highest BCUT2D eigenvalue weighted by Gasteiger charge is 2.10. The van der Waals surface area contributed by atoms with Gasteiger partial charge in [0.1, 0.15) is 5.75 Å². The molecule has 0 radical (unpaired) electrons. The fourth-order valence-corrected chi connectivity index (χ4v) is 3.71. The first-order valence-electron chi connectivity index (χ1n) is 11.8. The molecule has 0 spiro atoms. The predicted octanol–water partition coefficient (Wildman–Crippen LogP) is 7.64. The van der Waals surface area contributed by atoms with E-state index in [0.29, 0.717) is 0 Å². The van der Waals surface area contributed by atoms with Crippen molar-refractivity contribution in [2.75, 3.05) is 6.61 Å². The van der Waals surface area contributed by atoms with Gasteiger partial charge < -0.3 is 4.74 Å². The van der Waals surface area contributed by atoms with Crippen molar-refractivity contribution < 1.29 is 4.74 Å². The molecule has 0 aliphatic rings. The van der Waals surface area contributed by atoms with Crippen molar-refractivity contribution in [2.45, 2.75) is 39.0 Å². The molecule has 0 unspecified atom stereocenters. The molecule has 0 bridgehead atoms. The Hall–Kier alpha value is -3.66. The van der Waals surface area contributed by atoms with Gasteiger partial charge in [0.05, 0.1) is 18.0 Å². The summed E-state index contributed by atoms with van der Waals surface area (Å²) in [4.78, 5) is 4.82. The number of nitrogens with zero attached hydrogens (tertiary/aromatic N) is 3. The zero-order valence-corrected chi connectivity index (χ0v) is 19.2. The minimum atomic E-state index is 0.731. The maximum Gasteiger partial charge on any atom is 0.156 e. The van der Waals surface area contributed by atoms with Crippen LogP contribution in [0.2, 0.25) is 0 Å². The van der Waals surface area contributed by atoms with E-state index in [1.807, 2.05) is 89.8 Å². The van der Waals surface area contributed by atoms with Crippen molar-refractivity contribution in [2.24, 2.45) is 4.99 Å². The van der Waals surface area contributed by atoms with Gasteiger partial charge in [0.2, 0.25) is 0 Å². The average Bonchev–Trinajstić information content (AvgIpc) is 3.31. The predicted molar refractivity (Wildman–Crippen MR) is 137 cm³/mol. The van der Waals surface area contributed by atoms with Crippen LogP contribution in [0.15, 0.2) is 96.0 Å². The van der Waals surface area contributed by atoms with E-state index in [1.54, 1.807) is 0 Å². The van der Waals surface area contributed by atoms with Gasteiger partial charge in [0.15, 0.2) is 5.82 Å². The smallest absolute Gasteiger partial charge is 0.156 e. The number of benzene rings is 3. The van der Waals surface area contributed by atoms with Crippen LogP contribution >= 0.6 is 0 Å². The molecule has 0 fully saturated rings. The monoisotopic (exact) mass is 437 g/mol. The molecule has 4 rings (SSSR count). The molecule has 0 saturated heterocycles. The van der Waals surface area contributed by atoms with Crippen LogP contribution in [0.3, 0.4) is 0 Å². The minimum Gasteiger partial charge on any atom is -0.493 e. The average molecular weight is 438 g/mol. The molecule has 4 heteroatoms. The highest BCUT2D eigenvalue weighted by molar-refractivity contribution is 5.85. The number of aliphatic imine (C=N–C) groups is 1. The largest absolute Gasteiger partial charge is 0.493 e. The zero-order chi connectivity index (χ0) is 22.7. The van der Waals surface area contributed by atoms with E-state index in [0.717, 1.165) is 47.1 Å². The van der Waals surface area contributed by atoms with E-state index in [4.69, 9.17) is 14.8 Å². The Morgan fingerprint density at radius 2 is 1.52 bits per heavy atom. The van der Waals surface area contributed by atoms with E-state index in [9.17, 15) is 0 Å². The summed E-state index contributed by atoms with van der Waals surface area (Å²) < 4.78 is 7.97. The molecule has 1 heterocycles. The topological polar surface area (TPSA) is 39.4 Å². The Balaban J connectivity index is 1.56. The van der Waals surface area contributed by atoms with Crippen LogP contribution in [-0.4, -0.2) is 22.6 Å². The van der Waals surface area contributed by atoms with Crippen LogP contribution in [-0.2, 0) is 0 Å². The Kier molecular flexibility index (Phi) is 8.07. The number of hydrogen-bond acceptors (Lipinski definition) is 3. The van der Waals surface area contributed by atoms with Crippen LogP contribution in [0.4, 0.5) is 5.82 Å². The van der Waals surface area contributed by atoms with Gasteiger partial charge in [-0.1, -0.05) is 93.3 Å². The third-order valence-electron chi connectivity index (χ3n) is 5.52. The number of unbranched alkanes of at least 4 members (excludes halogenated alkanes) is 4. The van der Waals surface area contributed by atoms with Crippen LogP contribution in [0.5, 0.6) is 5.75 Å². The number of rotatable bonds is 11. The summed E-state index contributed by atoms with van der Waals surface area (Å²) in [6.45, 7) is 2.97. The number of ether oxygens (including phenoxy) is 1. The van der Waals surface area contributed by atoms with E-state index in [2.05, 4.69) is 19.1 Å². The van der Waals surface area contributed by atoms with Gasteiger partial charge in [-0.2, -0.15) is 5.10 Å². The molecule has 0 saturated carbocycles. The highest BCUT2D eigenvalue weighted by atomic mass is 16.5. The maximum absolute atomic E-state index is 6.08. The lowest BCUT2D eigenvalue weighted by atomic mass is 10.1. The van der Waals surface area contributed by atoms with Gasteiger partial charge in [-0.3, -0.25) is 0 Å². The highest BCUT2D eigenvalue weighted by Crippen LogP contribution is 2.27. The normalized spacial score (nSPS) is 11.2. The first-order chi connectivity index (χ1) is 16.3. The summed E-state index contributed by atoms with van der Waals surface area (Å²) in [5.74, 6) is 1.64. The maximum atomic E-state index is 6.08. The zero-order valence-electron chi connectivity index (χ0n) is 19.2. The molecule has 168 valence electrons. The second kappa shape index (κ2) is 11.8. The van der Waals surface area contributed by atoms with E-state index in [1.165, 1.54) is 25.7 Å². The summed E-state index contributed by atoms with van der Waals surface area (Å²) in [5.41, 5.74) is 3.90. The SMILES string of the molecule is CCCCCCCOc1ccccc1/C=N/c1cc(-c2ccccc2)nn1-c1ccccc1. The first-order valence-corrected chi connectivity index (χ1v) is 11.8. The molecule has 4 aromatic rings. The van der Waals surface area contributed by atoms with Gasteiger partial charge in [0.25, 0.3) is 0 Å². The second-order valence-electron chi connectivity index (χ2n) is 8.06. The molecule has 4 nitrogen and oxygen atoms in total. The van der Waals surface area contributed by atoms with Crippen LogP contribution in [0.1, 0.15) is 44.6 Å². The summed E-state index contributed by atoms with van der Waals surface area (Å²) in [7, 11) is 0. The lowest BCUT2D eigenvalue weighted by Gasteiger charge is -2.09. The Morgan fingerprint density at radius 3 is 2.30 bits per heavy atom.